The highest BCUT2D eigenvalue weighted by molar-refractivity contribution is 5.85. The van der Waals surface area contributed by atoms with Crippen LogP contribution in [0.1, 0.15) is 24.0 Å². The van der Waals surface area contributed by atoms with E-state index in [0.717, 1.165) is 24.7 Å². The molecule has 0 unspecified atom stereocenters. The zero-order valence-electron chi connectivity index (χ0n) is 13.5. The number of hydrogen-bond acceptors (Lipinski definition) is 3. The highest BCUT2D eigenvalue weighted by atomic mass is 35.5. The molecule has 2 N–H and O–H groups in total. The molecule has 0 aliphatic carbocycles. The lowest BCUT2D eigenvalue weighted by molar-refractivity contribution is 0.164. The summed E-state index contributed by atoms with van der Waals surface area (Å²) < 4.78 is 2.09. The van der Waals surface area contributed by atoms with Crippen molar-refractivity contribution < 1.29 is 0 Å². The number of anilines is 1. The Labute approximate surface area is 150 Å². The van der Waals surface area contributed by atoms with Crippen LogP contribution in [0.5, 0.6) is 0 Å². The van der Waals surface area contributed by atoms with Crippen LogP contribution in [0, 0.1) is 12.8 Å². The molecule has 1 fully saturated rings. The van der Waals surface area contributed by atoms with Gasteiger partial charge < -0.3 is 5.73 Å². The molecule has 1 aliphatic rings. The fourth-order valence-corrected chi connectivity index (χ4v) is 3.11. The third-order valence-electron chi connectivity index (χ3n) is 4.27. The van der Waals surface area contributed by atoms with Gasteiger partial charge in [-0.05, 0) is 62.0 Å². The summed E-state index contributed by atoms with van der Waals surface area (Å²) in [5.41, 5.74) is 9.26. The van der Waals surface area contributed by atoms with E-state index in [1.165, 1.54) is 37.1 Å². The van der Waals surface area contributed by atoms with E-state index < -0.39 is 0 Å². The van der Waals surface area contributed by atoms with Gasteiger partial charge in [0.15, 0.2) is 0 Å². The summed E-state index contributed by atoms with van der Waals surface area (Å²) >= 11 is 0. The first-order valence-electron chi connectivity index (χ1n) is 7.75. The number of nitrogens with zero attached hydrogens (tertiary/aromatic N) is 3. The van der Waals surface area contributed by atoms with Crippen LogP contribution in [-0.2, 0) is 13.1 Å². The van der Waals surface area contributed by atoms with Gasteiger partial charge in [0.1, 0.15) is 0 Å². The predicted octanol–water partition coefficient (Wildman–Crippen LogP) is 3.53. The number of nitrogens with two attached hydrogens (primary N) is 1. The molecule has 3 rings (SSSR count). The highest BCUT2D eigenvalue weighted by Crippen LogP contribution is 2.21. The van der Waals surface area contributed by atoms with Crippen LogP contribution in [0.4, 0.5) is 5.69 Å². The van der Waals surface area contributed by atoms with Crippen LogP contribution in [0.25, 0.3) is 0 Å². The van der Waals surface area contributed by atoms with Crippen molar-refractivity contribution in [3.05, 3.63) is 47.8 Å². The molecule has 1 saturated heterocycles. The number of halogens is 2. The molecular weight excluding hydrogens is 331 g/mol. The molecule has 1 aromatic carbocycles. The number of aryl methyl sites for hydroxylation is 1. The molecule has 0 spiro atoms. The number of piperidine rings is 1. The first-order chi connectivity index (χ1) is 10.2. The summed E-state index contributed by atoms with van der Waals surface area (Å²) in [7, 11) is 0. The lowest BCUT2D eigenvalue weighted by Crippen LogP contribution is -2.34. The van der Waals surface area contributed by atoms with Gasteiger partial charge in [0.25, 0.3) is 0 Å². The van der Waals surface area contributed by atoms with E-state index in [1.54, 1.807) is 0 Å². The summed E-state index contributed by atoms with van der Waals surface area (Å²) in [6.07, 6.45) is 6.58. The Morgan fingerprint density at radius 1 is 1.22 bits per heavy atom. The number of nitrogen functional groups attached to an aromatic ring is 1. The Hall–Kier alpha value is -1.23. The zero-order chi connectivity index (χ0) is 14.7. The predicted molar refractivity (Wildman–Crippen MR) is 100 cm³/mol. The van der Waals surface area contributed by atoms with Crippen molar-refractivity contribution >= 4 is 30.5 Å². The summed E-state index contributed by atoms with van der Waals surface area (Å²) in [5.74, 6) is 0.751. The zero-order valence-corrected chi connectivity index (χ0v) is 15.2. The lowest BCUT2D eigenvalue weighted by atomic mass is 9.96. The van der Waals surface area contributed by atoms with Crippen LogP contribution in [0.3, 0.4) is 0 Å². The molecule has 128 valence electrons. The molecule has 0 atom stereocenters. The average Bonchev–Trinajstić information content (AvgIpc) is 2.86. The number of likely N-dealkylation sites (tertiary alicyclic amines) is 1. The van der Waals surface area contributed by atoms with Gasteiger partial charge in [0.2, 0.25) is 0 Å². The Morgan fingerprint density at radius 2 is 1.96 bits per heavy atom. The Kier molecular flexibility index (Phi) is 7.89. The van der Waals surface area contributed by atoms with Crippen molar-refractivity contribution in [1.29, 1.82) is 0 Å². The number of rotatable bonds is 4. The van der Waals surface area contributed by atoms with E-state index in [4.69, 9.17) is 5.73 Å². The van der Waals surface area contributed by atoms with Crippen molar-refractivity contribution in [1.82, 2.24) is 14.7 Å². The molecule has 6 heteroatoms. The molecular formula is C17H26Cl2N4. The molecule has 0 radical (unpaired) electrons. The average molecular weight is 357 g/mol. The summed E-state index contributed by atoms with van der Waals surface area (Å²) in [4.78, 5) is 2.53. The first-order valence-corrected chi connectivity index (χ1v) is 7.75. The molecule has 2 aromatic rings. The SMILES string of the molecule is Cc1cnn(CC2CCN(Cc3cccc(N)c3)CC2)c1.Cl.Cl. The third-order valence-corrected chi connectivity index (χ3v) is 4.27. The summed E-state index contributed by atoms with van der Waals surface area (Å²) in [6, 6.07) is 8.23. The summed E-state index contributed by atoms with van der Waals surface area (Å²) in [5, 5.41) is 4.40. The maximum Gasteiger partial charge on any atom is 0.0518 e. The van der Waals surface area contributed by atoms with Crippen LogP contribution in [0.15, 0.2) is 36.7 Å². The van der Waals surface area contributed by atoms with Gasteiger partial charge in [-0.15, -0.1) is 24.8 Å². The molecule has 0 amide bonds. The highest BCUT2D eigenvalue weighted by Gasteiger charge is 2.19. The monoisotopic (exact) mass is 356 g/mol. The Morgan fingerprint density at radius 3 is 2.57 bits per heavy atom. The maximum absolute atomic E-state index is 5.85. The maximum atomic E-state index is 5.85. The van der Waals surface area contributed by atoms with Crippen LogP contribution >= 0.6 is 24.8 Å². The van der Waals surface area contributed by atoms with E-state index in [1.807, 2.05) is 18.3 Å². The summed E-state index contributed by atoms with van der Waals surface area (Å²) in [6.45, 7) is 6.50. The second-order valence-electron chi connectivity index (χ2n) is 6.20. The lowest BCUT2D eigenvalue weighted by Gasteiger charge is -2.32. The molecule has 0 saturated carbocycles. The second-order valence-corrected chi connectivity index (χ2v) is 6.20. The quantitative estimate of drug-likeness (QED) is 0.852. The van der Waals surface area contributed by atoms with E-state index in [9.17, 15) is 0 Å². The van der Waals surface area contributed by atoms with E-state index in [-0.39, 0.29) is 24.8 Å². The second kappa shape index (κ2) is 9.16. The number of benzene rings is 1. The first kappa shape index (κ1) is 19.8. The normalized spacial score (nSPS) is 15.7. The van der Waals surface area contributed by atoms with Crippen LogP contribution in [0.2, 0.25) is 0 Å². The number of hydrogen-bond donors (Lipinski definition) is 1. The van der Waals surface area contributed by atoms with Crippen molar-refractivity contribution in [3.8, 4) is 0 Å². The fourth-order valence-electron chi connectivity index (χ4n) is 3.11. The van der Waals surface area contributed by atoms with Crippen molar-refractivity contribution in [2.45, 2.75) is 32.9 Å². The Bertz CT molecular complexity index is 592. The number of aromatic nitrogens is 2. The molecule has 1 aliphatic heterocycles. The molecule has 4 nitrogen and oxygen atoms in total. The van der Waals surface area contributed by atoms with E-state index in [2.05, 4.69) is 39.9 Å². The van der Waals surface area contributed by atoms with E-state index >= 15 is 0 Å². The topological polar surface area (TPSA) is 47.1 Å². The van der Waals surface area contributed by atoms with Gasteiger partial charge in [0.05, 0.1) is 6.20 Å². The minimum atomic E-state index is 0. The van der Waals surface area contributed by atoms with Crippen molar-refractivity contribution in [3.63, 3.8) is 0 Å². The van der Waals surface area contributed by atoms with Gasteiger partial charge in [-0.1, -0.05) is 12.1 Å². The van der Waals surface area contributed by atoms with Gasteiger partial charge >= 0.3 is 0 Å². The van der Waals surface area contributed by atoms with Crippen molar-refractivity contribution in [2.24, 2.45) is 5.92 Å². The van der Waals surface area contributed by atoms with Gasteiger partial charge in [-0.2, -0.15) is 5.10 Å². The van der Waals surface area contributed by atoms with Crippen LogP contribution < -0.4 is 5.73 Å². The smallest absolute Gasteiger partial charge is 0.0518 e. The van der Waals surface area contributed by atoms with E-state index in [0.29, 0.717) is 0 Å². The standard InChI is InChI=1S/C17H24N4.2ClH/c1-14-10-19-21(11-14)13-15-5-7-20(8-6-15)12-16-3-2-4-17(18)9-16;;/h2-4,9-11,15H,5-8,12-13,18H2,1H3;2*1H. The third kappa shape index (κ3) is 5.72. The molecule has 0 bridgehead atoms. The molecule has 23 heavy (non-hydrogen) atoms. The molecule has 2 heterocycles. The van der Waals surface area contributed by atoms with Gasteiger partial charge in [-0.25, -0.2) is 0 Å². The largest absolute Gasteiger partial charge is 0.399 e. The molecule has 1 aromatic heterocycles. The minimum absolute atomic E-state index is 0. The fraction of sp³-hybridized carbons (Fsp3) is 0.471. The van der Waals surface area contributed by atoms with Crippen LogP contribution in [-0.4, -0.2) is 27.8 Å². The van der Waals surface area contributed by atoms with Gasteiger partial charge in [0, 0.05) is 25.0 Å². The Balaban J connectivity index is 0.00000132. The van der Waals surface area contributed by atoms with Crippen molar-refractivity contribution in [2.75, 3.05) is 18.8 Å². The van der Waals surface area contributed by atoms with Gasteiger partial charge in [-0.3, -0.25) is 9.58 Å². The minimum Gasteiger partial charge on any atom is -0.399 e.